The van der Waals surface area contributed by atoms with E-state index in [2.05, 4.69) is 38.8 Å². The first-order chi connectivity index (χ1) is 11.4. The molecule has 2 aromatic carbocycles. The van der Waals surface area contributed by atoms with Gasteiger partial charge in [0.1, 0.15) is 0 Å². The Kier molecular flexibility index (Phi) is 6.79. The molecule has 0 aliphatic carbocycles. The summed E-state index contributed by atoms with van der Waals surface area (Å²) in [6, 6.07) is 11.5. The maximum Gasteiger partial charge on any atom is 0.270 e. The zero-order valence-electron chi connectivity index (χ0n) is 11.9. The lowest BCUT2D eigenvalue weighted by Gasteiger charge is -2.11. The van der Waals surface area contributed by atoms with Crippen LogP contribution >= 0.6 is 58.0 Å². The van der Waals surface area contributed by atoms with Crippen LogP contribution in [-0.4, -0.2) is 16.9 Å². The molecule has 0 aromatic heterocycles. The lowest BCUT2D eigenvalue weighted by Crippen LogP contribution is -2.48. The Labute approximate surface area is 167 Å². The number of hydrogen-bond acceptors (Lipinski definition) is 3. The number of halogens is 3. The molecule has 0 radical (unpaired) electrons. The van der Waals surface area contributed by atoms with E-state index in [9.17, 15) is 9.59 Å². The third kappa shape index (κ3) is 5.30. The highest BCUT2D eigenvalue weighted by atomic mass is 127. The van der Waals surface area contributed by atoms with Crippen LogP contribution in [0.15, 0.2) is 42.5 Å². The number of nitrogens with one attached hydrogen (secondary N) is 3. The minimum Gasteiger partial charge on any atom is -0.298 e. The number of hydrazine groups is 1. The quantitative estimate of drug-likeness (QED) is 0.340. The predicted molar refractivity (Wildman–Crippen MR) is 106 cm³/mol. The van der Waals surface area contributed by atoms with Crippen LogP contribution in [0.2, 0.25) is 10.0 Å². The summed E-state index contributed by atoms with van der Waals surface area (Å²) >= 11 is 18.7. The van der Waals surface area contributed by atoms with Gasteiger partial charge in [-0.05, 0) is 65.1 Å². The van der Waals surface area contributed by atoms with E-state index >= 15 is 0 Å². The second-order valence-corrected chi connectivity index (χ2v) is 6.94. The second-order valence-electron chi connectivity index (χ2n) is 4.50. The standard InChI is InChI=1S/C15H10Cl2IN3O2S/c16-9-5-8(6-10(17)7-9)13(22)19-15(24)21-20-14(23)11-3-1-2-4-12(11)18/h1-7H,(H,20,23)(H2,19,21,22,24). The molecule has 3 N–H and O–H groups in total. The largest absolute Gasteiger partial charge is 0.298 e. The van der Waals surface area contributed by atoms with Crippen molar-refractivity contribution in [1.29, 1.82) is 0 Å². The molecule has 5 nitrogen and oxygen atoms in total. The third-order valence-corrected chi connectivity index (χ3v) is 4.34. The maximum absolute atomic E-state index is 12.1. The van der Waals surface area contributed by atoms with Crippen molar-refractivity contribution in [1.82, 2.24) is 16.2 Å². The molecule has 0 aliphatic rings. The molecule has 0 bridgehead atoms. The monoisotopic (exact) mass is 493 g/mol. The van der Waals surface area contributed by atoms with Crippen LogP contribution in [0.25, 0.3) is 0 Å². The summed E-state index contributed by atoms with van der Waals surface area (Å²) in [5, 5.41) is 3.02. The zero-order chi connectivity index (χ0) is 17.7. The lowest BCUT2D eigenvalue weighted by molar-refractivity contribution is 0.0934. The molecule has 124 valence electrons. The van der Waals surface area contributed by atoms with Crippen molar-refractivity contribution in [2.24, 2.45) is 0 Å². The summed E-state index contributed by atoms with van der Waals surface area (Å²) in [5.74, 6) is -0.872. The number of carbonyl (C=O) groups is 2. The fourth-order valence-electron chi connectivity index (χ4n) is 1.72. The third-order valence-electron chi connectivity index (χ3n) is 2.76. The van der Waals surface area contributed by atoms with Gasteiger partial charge >= 0.3 is 0 Å². The SMILES string of the molecule is O=C(NC(=S)NNC(=O)c1ccccc1I)c1cc(Cl)cc(Cl)c1. The molecular formula is C15H10Cl2IN3O2S. The van der Waals surface area contributed by atoms with E-state index in [1.807, 2.05) is 6.07 Å². The van der Waals surface area contributed by atoms with Crippen molar-refractivity contribution in [2.45, 2.75) is 0 Å². The predicted octanol–water partition coefficient (Wildman–Crippen LogP) is 3.55. The van der Waals surface area contributed by atoms with Crippen LogP contribution in [0.3, 0.4) is 0 Å². The van der Waals surface area contributed by atoms with Crippen molar-refractivity contribution >= 4 is 74.9 Å². The first-order valence-electron chi connectivity index (χ1n) is 6.49. The van der Waals surface area contributed by atoms with Gasteiger partial charge in [0.05, 0.1) is 5.56 Å². The van der Waals surface area contributed by atoms with Crippen molar-refractivity contribution < 1.29 is 9.59 Å². The van der Waals surface area contributed by atoms with Crippen LogP contribution in [0.5, 0.6) is 0 Å². The Morgan fingerprint density at radius 2 is 1.58 bits per heavy atom. The van der Waals surface area contributed by atoms with Crippen LogP contribution < -0.4 is 16.2 Å². The minimum atomic E-state index is -0.500. The van der Waals surface area contributed by atoms with Crippen molar-refractivity contribution in [2.75, 3.05) is 0 Å². The van der Waals surface area contributed by atoms with E-state index in [1.54, 1.807) is 18.2 Å². The fourth-order valence-corrected chi connectivity index (χ4v) is 3.02. The topological polar surface area (TPSA) is 70.2 Å². The van der Waals surface area contributed by atoms with Gasteiger partial charge < -0.3 is 0 Å². The average Bonchev–Trinajstić information content (AvgIpc) is 2.52. The molecule has 2 rings (SSSR count). The molecule has 0 unspecified atom stereocenters. The van der Waals surface area contributed by atoms with Crippen LogP contribution in [0.4, 0.5) is 0 Å². The van der Waals surface area contributed by atoms with Gasteiger partial charge in [0.15, 0.2) is 5.11 Å². The Bertz CT molecular complexity index is 797. The van der Waals surface area contributed by atoms with Crippen LogP contribution in [0, 0.1) is 3.57 Å². The molecule has 0 spiro atoms. The summed E-state index contributed by atoms with van der Waals surface area (Å²) in [5.41, 5.74) is 5.62. The van der Waals surface area contributed by atoms with E-state index in [0.29, 0.717) is 15.6 Å². The van der Waals surface area contributed by atoms with Crippen molar-refractivity contribution in [3.05, 3.63) is 67.2 Å². The minimum absolute atomic E-state index is 0.0598. The Hall–Kier alpha value is -1.42. The van der Waals surface area contributed by atoms with E-state index in [1.165, 1.54) is 18.2 Å². The summed E-state index contributed by atoms with van der Waals surface area (Å²) in [6.45, 7) is 0. The van der Waals surface area contributed by atoms with Crippen LogP contribution in [0.1, 0.15) is 20.7 Å². The highest BCUT2D eigenvalue weighted by Crippen LogP contribution is 2.18. The average molecular weight is 494 g/mol. The molecule has 0 atom stereocenters. The summed E-state index contributed by atoms with van der Waals surface area (Å²) in [6.07, 6.45) is 0. The molecule has 0 fully saturated rings. The smallest absolute Gasteiger partial charge is 0.270 e. The molecule has 0 heterocycles. The first kappa shape index (κ1) is 18.9. The molecule has 2 aromatic rings. The molecule has 0 saturated heterocycles. The fraction of sp³-hybridized carbons (Fsp3) is 0. The molecule has 9 heteroatoms. The van der Waals surface area contributed by atoms with E-state index in [-0.39, 0.29) is 16.6 Å². The normalized spacial score (nSPS) is 9.96. The lowest BCUT2D eigenvalue weighted by atomic mass is 10.2. The Morgan fingerprint density at radius 1 is 0.958 bits per heavy atom. The molecule has 0 saturated carbocycles. The molecular weight excluding hydrogens is 484 g/mol. The Balaban J connectivity index is 1.92. The van der Waals surface area contributed by atoms with Gasteiger partial charge in [0, 0.05) is 19.2 Å². The van der Waals surface area contributed by atoms with Gasteiger partial charge in [-0.25, -0.2) is 0 Å². The van der Waals surface area contributed by atoms with Crippen molar-refractivity contribution in [3.8, 4) is 0 Å². The van der Waals surface area contributed by atoms with E-state index < -0.39 is 5.91 Å². The summed E-state index contributed by atoms with van der Waals surface area (Å²) in [7, 11) is 0. The number of carbonyl (C=O) groups excluding carboxylic acids is 2. The van der Waals surface area contributed by atoms with Gasteiger partial charge in [0.2, 0.25) is 0 Å². The van der Waals surface area contributed by atoms with Gasteiger partial charge in [-0.15, -0.1) is 0 Å². The van der Waals surface area contributed by atoms with Gasteiger partial charge in [0.25, 0.3) is 11.8 Å². The highest BCUT2D eigenvalue weighted by Gasteiger charge is 2.12. The van der Waals surface area contributed by atoms with Gasteiger partial charge in [-0.1, -0.05) is 35.3 Å². The molecule has 2 amide bonds. The van der Waals surface area contributed by atoms with Gasteiger partial charge in [-0.3, -0.25) is 25.8 Å². The van der Waals surface area contributed by atoms with Crippen molar-refractivity contribution in [3.63, 3.8) is 0 Å². The maximum atomic E-state index is 12.1. The number of amides is 2. The second kappa shape index (κ2) is 8.61. The first-order valence-corrected chi connectivity index (χ1v) is 8.73. The number of benzene rings is 2. The molecule has 0 aliphatic heterocycles. The highest BCUT2D eigenvalue weighted by molar-refractivity contribution is 14.1. The number of hydrogen-bond donors (Lipinski definition) is 3. The Morgan fingerprint density at radius 3 is 2.21 bits per heavy atom. The zero-order valence-corrected chi connectivity index (χ0v) is 16.4. The van der Waals surface area contributed by atoms with E-state index in [4.69, 9.17) is 35.4 Å². The van der Waals surface area contributed by atoms with Gasteiger partial charge in [-0.2, -0.15) is 0 Å². The molecule has 24 heavy (non-hydrogen) atoms. The number of rotatable bonds is 2. The number of thiocarbonyl (C=S) groups is 1. The summed E-state index contributed by atoms with van der Waals surface area (Å²) < 4.78 is 0.790. The van der Waals surface area contributed by atoms with E-state index in [0.717, 1.165) is 3.57 Å². The van der Waals surface area contributed by atoms with Crippen LogP contribution in [-0.2, 0) is 0 Å². The summed E-state index contributed by atoms with van der Waals surface area (Å²) in [4.78, 5) is 24.1.